The normalized spacial score (nSPS) is 15.1. The molecule has 0 atom stereocenters. The summed E-state index contributed by atoms with van der Waals surface area (Å²) < 4.78 is 0. The third-order valence-corrected chi connectivity index (χ3v) is 2.80. The van der Waals surface area contributed by atoms with E-state index in [1.807, 2.05) is 44.2 Å². The minimum atomic E-state index is 0.131. The van der Waals surface area contributed by atoms with Crippen LogP contribution in [0.25, 0.3) is 5.57 Å². The Hall–Kier alpha value is -1.83. The molecule has 0 saturated carbocycles. The van der Waals surface area contributed by atoms with Crippen LogP contribution in [0.3, 0.4) is 0 Å². The van der Waals surface area contributed by atoms with Gasteiger partial charge < -0.3 is 5.11 Å². The summed E-state index contributed by atoms with van der Waals surface area (Å²) in [6.45, 7) is 3.69. The Morgan fingerprint density at radius 2 is 1.81 bits per heavy atom. The molecular formula is C14H14O2. The molecule has 2 heteroatoms. The van der Waals surface area contributed by atoms with Crippen LogP contribution in [0.2, 0.25) is 0 Å². The van der Waals surface area contributed by atoms with Gasteiger partial charge in [-0.15, -0.1) is 0 Å². The second kappa shape index (κ2) is 3.97. The molecule has 0 unspecified atom stereocenters. The smallest absolute Gasteiger partial charge is 0.167 e. The van der Waals surface area contributed by atoms with E-state index in [1.165, 1.54) is 0 Å². The van der Waals surface area contributed by atoms with Crippen molar-refractivity contribution >= 4 is 11.4 Å². The molecule has 0 fully saturated rings. The lowest BCUT2D eigenvalue weighted by Gasteiger charge is -2.11. The molecule has 0 saturated heterocycles. The van der Waals surface area contributed by atoms with Gasteiger partial charge in [0.25, 0.3) is 0 Å². The summed E-state index contributed by atoms with van der Waals surface area (Å²) >= 11 is 0. The summed E-state index contributed by atoms with van der Waals surface area (Å²) in [6.07, 6.45) is 6.04. The summed E-state index contributed by atoms with van der Waals surface area (Å²) in [5.41, 5.74) is 3.23. The molecule has 0 heterocycles. The number of aromatic hydroxyl groups is 1. The first-order valence-corrected chi connectivity index (χ1v) is 5.30. The van der Waals surface area contributed by atoms with Gasteiger partial charge in [-0.25, -0.2) is 0 Å². The number of Topliss-reactive ketones (excluding diaryl/α,β-unsaturated/α-hetero) is 1. The lowest BCUT2D eigenvalue weighted by molar-refractivity contribution is -0.113. The third-order valence-electron chi connectivity index (χ3n) is 2.80. The van der Waals surface area contributed by atoms with Gasteiger partial charge in [-0.05, 0) is 42.7 Å². The fraction of sp³-hybridized carbons (Fsp3) is 0.214. The lowest BCUT2D eigenvalue weighted by Crippen LogP contribution is -2.03. The topological polar surface area (TPSA) is 37.3 Å². The summed E-state index contributed by atoms with van der Waals surface area (Å²) in [5.74, 6) is 0.440. The molecule has 2 nitrogen and oxygen atoms in total. The van der Waals surface area contributed by atoms with Gasteiger partial charge in [-0.2, -0.15) is 0 Å². The second-order valence-electron chi connectivity index (χ2n) is 4.09. The highest BCUT2D eigenvalue weighted by Gasteiger charge is 2.14. The molecule has 0 bridgehead atoms. The van der Waals surface area contributed by atoms with Crippen molar-refractivity contribution in [3.8, 4) is 5.75 Å². The van der Waals surface area contributed by atoms with Crippen LogP contribution in [-0.2, 0) is 4.79 Å². The largest absolute Gasteiger partial charge is 0.507 e. The number of benzene rings is 1. The van der Waals surface area contributed by atoms with Crippen LogP contribution < -0.4 is 0 Å². The Balaban J connectivity index is 2.53. The minimum Gasteiger partial charge on any atom is -0.507 e. The van der Waals surface area contributed by atoms with Gasteiger partial charge in [0.2, 0.25) is 0 Å². The number of ketones is 1. The van der Waals surface area contributed by atoms with Crippen molar-refractivity contribution in [1.29, 1.82) is 0 Å². The second-order valence-corrected chi connectivity index (χ2v) is 4.09. The average Bonchev–Trinajstić information content (AvgIpc) is 2.26. The van der Waals surface area contributed by atoms with Crippen molar-refractivity contribution in [1.82, 2.24) is 0 Å². The quantitative estimate of drug-likeness (QED) is 0.780. The molecule has 0 spiro atoms. The van der Waals surface area contributed by atoms with Crippen molar-refractivity contribution in [3.63, 3.8) is 0 Å². The van der Waals surface area contributed by atoms with E-state index in [2.05, 4.69) is 0 Å². The Bertz CT molecular complexity index is 484. The molecule has 82 valence electrons. The number of phenols is 1. The van der Waals surface area contributed by atoms with Crippen LogP contribution >= 0.6 is 0 Å². The minimum absolute atomic E-state index is 0.131. The van der Waals surface area contributed by atoms with Gasteiger partial charge in [-0.3, -0.25) is 4.79 Å². The maximum atomic E-state index is 11.7. The molecule has 1 aliphatic rings. The van der Waals surface area contributed by atoms with Crippen LogP contribution in [0.15, 0.2) is 30.4 Å². The maximum absolute atomic E-state index is 11.7. The Labute approximate surface area is 94.9 Å². The van der Waals surface area contributed by atoms with E-state index in [1.54, 1.807) is 0 Å². The first-order chi connectivity index (χ1) is 7.59. The van der Waals surface area contributed by atoms with Gasteiger partial charge >= 0.3 is 0 Å². The zero-order valence-electron chi connectivity index (χ0n) is 9.45. The van der Waals surface area contributed by atoms with Crippen LogP contribution in [0.5, 0.6) is 5.75 Å². The summed E-state index contributed by atoms with van der Waals surface area (Å²) in [7, 11) is 0. The standard InChI is InChI=1S/C14H14O2/c1-9-7-11(8-10(2)14(9)16)12-5-3-4-6-13(12)15/h3-5,7-8,16H,6H2,1-2H3. The Morgan fingerprint density at radius 3 is 2.38 bits per heavy atom. The number of hydrogen-bond donors (Lipinski definition) is 1. The number of aryl methyl sites for hydroxylation is 2. The summed E-state index contributed by atoms with van der Waals surface area (Å²) in [6, 6.07) is 3.70. The number of carbonyl (C=O) groups is 1. The predicted octanol–water partition coefficient (Wildman–Crippen LogP) is 2.92. The highest BCUT2D eigenvalue weighted by Crippen LogP contribution is 2.28. The molecule has 1 aromatic carbocycles. The Morgan fingerprint density at radius 1 is 1.19 bits per heavy atom. The molecule has 1 aliphatic carbocycles. The maximum Gasteiger partial charge on any atom is 0.167 e. The average molecular weight is 214 g/mol. The lowest BCUT2D eigenvalue weighted by atomic mass is 9.93. The van der Waals surface area contributed by atoms with Crippen LogP contribution in [-0.4, -0.2) is 10.9 Å². The van der Waals surface area contributed by atoms with Crippen molar-refractivity contribution in [2.24, 2.45) is 0 Å². The van der Waals surface area contributed by atoms with Crippen LogP contribution in [0.1, 0.15) is 23.1 Å². The van der Waals surface area contributed by atoms with Crippen molar-refractivity contribution in [2.45, 2.75) is 20.3 Å². The van der Waals surface area contributed by atoms with E-state index < -0.39 is 0 Å². The molecular weight excluding hydrogens is 200 g/mol. The van der Waals surface area contributed by atoms with E-state index in [-0.39, 0.29) is 5.78 Å². The molecule has 0 amide bonds. The molecule has 1 N–H and O–H groups in total. The number of phenolic OH excluding ortho intramolecular Hbond substituents is 1. The van der Waals surface area contributed by atoms with Crippen molar-refractivity contribution in [2.75, 3.05) is 0 Å². The van der Waals surface area contributed by atoms with Crippen LogP contribution in [0.4, 0.5) is 0 Å². The molecule has 2 rings (SSSR count). The van der Waals surface area contributed by atoms with E-state index >= 15 is 0 Å². The SMILES string of the molecule is Cc1cc(C2=CC=CCC2=O)cc(C)c1O. The molecule has 16 heavy (non-hydrogen) atoms. The summed E-state index contributed by atoms with van der Waals surface area (Å²) in [5, 5.41) is 9.68. The van der Waals surface area contributed by atoms with E-state index in [0.717, 1.165) is 22.3 Å². The molecule has 1 aromatic rings. The number of rotatable bonds is 1. The van der Waals surface area contributed by atoms with E-state index in [0.29, 0.717) is 12.2 Å². The summed E-state index contributed by atoms with van der Waals surface area (Å²) in [4.78, 5) is 11.7. The number of carbonyl (C=O) groups excluding carboxylic acids is 1. The number of hydrogen-bond acceptors (Lipinski definition) is 2. The van der Waals surface area contributed by atoms with E-state index in [9.17, 15) is 9.90 Å². The van der Waals surface area contributed by atoms with Crippen molar-refractivity contribution in [3.05, 3.63) is 47.1 Å². The molecule has 0 aliphatic heterocycles. The number of allylic oxidation sites excluding steroid dienone is 4. The van der Waals surface area contributed by atoms with Gasteiger partial charge in [-0.1, -0.05) is 18.2 Å². The fourth-order valence-corrected chi connectivity index (χ4v) is 1.91. The highest BCUT2D eigenvalue weighted by molar-refractivity contribution is 6.22. The first-order valence-electron chi connectivity index (χ1n) is 5.30. The monoisotopic (exact) mass is 214 g/mol. The van der Waals surface area contributed by atoms with Crippen molar-refractivity contribution < 1.29 is 9.90 Å². The molecule has 0 aromatic heterocycles. The zero-order valence-corrected chi connectivity index (χ0v) is 9.45. The van der Waals surface area contributed by atoms with Crippen LogP contribution in [0, 0.1) is 13.8 Å². The van der Waals surface area contributed by atoms with Gasteiger partial charge in [0, 0.05) is 12.0 Å². The first kappa shape index (κ1) is 10.7. The highest BCUT2D eigenvalue weighted by atomic mass is 16.3. The van der Waals surface area contributed by atoms with E-state index in [4.69, 9.17) is 0 Å². The van der Waals surface area contributed by atoms with Gasteiger partial charge in [0.05, 0.1) is 0 Å². The van der Waals surface area contributed by atoms with Gasteiger partial charge in [0.1, 0.15) is 5.75 Å². The van der Waals surface area contributed by atoms with Gasteiger partial charge in [0.15, 0.2) is 5.78 Å². The fourth-order valence-electron chi connectivity index (χ4n) is 1.91. The predicted molar refractivity (Wildman–Crippen MR) is 64.3 cm³/mol. The third kappa shape index (κ3) is 1.78. The molecule has 0 radical (unpaired) electrons. The Kier molecular flexibility index (Phi) is 2.65. The zero-order chi connectivity index (χ0) is 11.7.